The summed E-state index contributed by atoms with van der Waals surface area (Å²) in [7, 11) is 0. The highest BCUT2D eigenvalue weighted by molar-refractivity contribution is 5.76. The van der Waals surface area contributed by atoms with Crippen molar-refractivity contribution in [3.05, 3.63) is 0 Å². The fraction of sp³-hybridized carbons (Fsp3) is 0.938. The van der Waals surface area contributed by atoms with Gasteiger partial charge in [0, 0.05) is 44.9 Å². The van der Waals surface area contributed by atoms with Crippen molar-refractivity contribution in [3.63, 3.8) is 0 Å². The topological polar surface area (TPSA) is 140 Å². The standard InChI is InChI=1S/3C16H22F8O3/c1-8-5-10(15(20,21)14(19,6-8)13(4,17)18)11(25)27-9(2)7-12(3,26)16(22,23)24;1-5-9-6-10(15(20,21)14(9,19)13(4,17)18)11(25)27-8(2)7-12(3,26)16(22,23)24;1-5-9-6-10(15(20,21)13(4,17)14(9,18)19)11(25)27-8(2)7-12(3,26)16(22,23)24/h3*8-10,26H,5-7H2,1-4H3. The van der Waals surface area contributed by atoms with Gasteiger partial charge >= 0.3 is 48.3 Å². The molecule has 0 saturated heterocycles. The second kappa shape index (κ2) is 24.2. The van der Waals surface area contributed by atoms with E-state index in [0.717, 1.165) is 20.8 Å². The highest BCUT2D eigenvalue weighted by Crippen LogP contribution is 2.62. The van der Waals surface area contributed by atoms with Crippen LogP contribution in [0.1, 0.15) is 141 Å². The van der Waals surface area contributed by atoms with Crippen LogP contribution in [-0.2, 0) is 28.6 Å². The monoisotopic (exact) mass is 1240 g/mol. The van der Waals surface area contributed by atoms with Crippen molar-refractivity contribution in [1.29, 1.82) is 0 Å². The van der Waals surface area contributed by atoms with Gasteiger partial charge in [-0.1, -0.05) is 20.8 Å². The summed E-state index contributed by atoms with van der Waals surface area (Å²) < 4.78 is 340. The van der Waals surface area contributed by atoms with Gasteiger partial charge in [0.05, 0.1) is 0 Å². The molecule has 3 fully saturated rings. The molecule has 480 valence electrons. The van der Waals surface area contributed by atoms with E-state index in [1.165, 1.54) is 20.8 Å². The Labute approximate surface area is 449 Å². The van der Waals surface area contributed by atoms with Crippen LogP contribution in [0.4, 0.5) is 105 Å². The van der Waals surface area contributed by atoms with Gasteiger partial charge in [-0.25, -0.2) is 65.9 Å². The molecule has 3 N–H and O–H groups in total. The molecule has 15 atom stereocenters. The average molecular weight is 1240 g/mol. The summed E-state index contributed by atoms with van der Waals surface area (Å²) in [4.78, 5) is 36.1. The Morgan fingerprint density at radius 2 is 0.753 bits per heavy atom. The van der Waals surface area contributed by atoms with E-state index in [9.17, 15) is 135 Å². The van der Waals surface area contributed by atoms with Crippen LogP contribution in [0.25, 0.3) is 0 Å². The molecule has 0 spiro atoms. The fourth-order valence-electron chi connectivity index (χ4n) is 9.88. The number of halogens is 24. The summed E-state index contributed by atoms with van der Waals surface area (Å²) in [5.41, 5.74) is -22.7. The van der Waals surface area contributed by atoms with E-state index in [-0.39, 0.29) is 20.8 Å². The van der Waals surface area contributed by atoms with Gasteiger partial charge in [-0.05, 0) is 92.9 Å². The molecule has 0 bridgehead atoms. The SMILES string of the molecule is CC1CC(C(=O)OC(C)CC(C)(O)C(F)(F)F)C(F)(F)C(F)(C(C)(F)F)C1.CCC1CC(C(=O)OC(C)CC(C)(O)C(F)(F)F)C(F)(F)C(C)(F)C1(F)F.CCC1CC(C(=O)OC(C)CC(C)(O)C(F)(F)F)C(F)(F)C1(F)C(C)(F)F. The lowest BCUT2D eigenvalue weighted by atomic mass is 9.67. The zero-order valence-electron chi connectivity index (χ0n) is 45.4. The molecule has 3 saturated carbocycles. The number of carbonyl (C=O) groups excluding carboxylic acids is 3. The van der Waals surface area contributed by atoms with E-state index in [1.807, 2.05) is 0 Å². The summed E-state index contributed by atoms with van der Waals surface area (Å²) in [6.45, 7) is 7.53. The first-order chi connectivity index (χ1) is 35.4. The number of esters is 3. The Morgan fingerprint density at radius 3 is 1.01 bits per heavy atom. The number of alkyl halides is 24. The van der Waals surface area contributed by atoms with E-state index in [2.05, 4.69) is 14.2 Å². The van der Waals surface area contributed by atoms with Crippen molar-refractivity contribution in [3.8, 4) is 0 Å². The molecule has 33 heteroatoms. The molecular formula is C48H66F24O9. The van der Waals surface area contributed by atoms with E-state index >= 15 is 0 Å². The predicted octanol–water partition coefficient (Wildman–Crippen LogP) is 14.0. The smallest absolute Gasteiger partial charge is 0.417 e. The van der Waals surface area contributed by atoms with Gasteiger partial charge in [0.2, 0.25) is 17.0 Å². The van der Waals surface area contributed by atoms with Gasteiger partial charge in [-0.2, -0.15) is 39.5 Å². The quantitative estimate of drug-likeness (QED) is 0.0783. The molecular weight excluding hydrogens is 1180 g/mol. The first-order valence-electron chi connectivity index (χ1n) is 24.7. The van der Waals surface area contributed by atoms with Gasteiger partial charge in [-0.15, -0.1) is 0 Å². The van der Waals surface area contributed by atoms with Crippen molar-refractivity contribution < 1.29 is 149 Å². The maximum Gasteiger partial charge on any atom is 0.417 e. The van der Waals surface area contributed by atoms with Gasteiger partial charge in [-0.3, -0.25) is 14.4 Å². The molecule has 9 nitrogen and oxygen atoms in total. The van der Waals surface area contributed by atoms with Gasteiger partial charge in [0.15, 0.2) is 16.8 Å². The third kappa shape index (κ3) is 15.2. The molecule has 0 aromatic rings. The number of hydrogen-bond donors (Lipinski definition) is 3. The minimum atomic E-state index is -5.07. The molecule has 0 radical (unpaired) electrons. The second-order valence-corrected chi connectivity index (χ2v) is 22.3. The number of ether oxygens (including phenoxy) is 3. The predicted molar refractivity (Wildman–Crippen MR) is 234 cm³/mol. The van der Waals surface area contributed by atoms with Crippen LogP contribution in [0, 0.1) is 35.5 Å². The number of rotatable bonds is 16. The van der Waals surface area contributed by atoms with Crippen LogP contribution in [-0.4, -0.2) is 139 Å². The Bertz CT molecular complexity index is 2080. The average Bonchev–Trinajstić information content (AvgIpc) is 3.44. The number of aliphatic hydroxyl groups is 3. The summed E-state index contributed by atoms with van der Waals surface area (Å²) in [6.07, 6.45) is -28.4. The van der Waals surface area contributed by atoms with Crippen LogP contribution < -0.4 is 0 Å². The largest absolute Gasteiger partial charge is 0.462 e. The molecule has 3 aliphatic carbocycles. The highest BCUT2D eigenvalue weighted by Gasteiger charge is 2.80. The third-order valence-electron chi connectivity index (χ3n) is 15.0. The molecule has 81 heavy (non-hydrogen) atoms. The van der Waals surface area contributed by atoms with E-state index in [0.29, 0.717) is 20.8 Å². The van der Waals surface area contributed by atoms with E-state index in [1.54, 1.807) is 0 Å². The Hall–Kier alpha value is -3.39. The maximum absolute atomic E-state index is 14.7. The van der Waals surface area contributed by atoms with Crippen LogP contribution in [0.5, 0.6) is 0 Å². The molecule has 0 heterocycles. The Kier molecular flexibility index (Phi) is 22.6. The van der Waals surface area contributed by atoms with Crippen molar-refractivity contribution in [2.75, 3.05) is 0 Å². The van der Waals surface area contributed by atoms with Crippen LogP contribution in [0.3, 0.4) is 0 Å². The molecule has 0 aromatic carbocycles. The zero-order valence-corrected chi connectivity index (χ0v) is 45.4. The maximum atomic E-state index is 14.7. The van der Waals surface area contributed by atoms with Gasteiger partial charge in [0.25, 0.3) is 23.7 Å². The molecule has 15 unspecified atom stereocenters. The minimum absolute atomic E-state index is 0.00697. The third-order valence-corrected chi connectivity index (χ3v) is 15.0. The lowest BCUT2D eigenvalue weighted by molar-refractivity contribution is -0.306. The molecule has 3 aliphatic rings. The van der Waals surface area contributed by atoms with Crippen molar-refractivity contribution in [1.82, 2.24) is 0 Å². The van der Waals surface area contributed by atoms with Gasteiger partial charge in [0.1, 0.15) is 36.1 Å². The van der Waals surface area contributed by atoms with E-state index < -0.39 is 217 Å². The molecule has 0 aromatic heterocycles. The molecule has 0 aliphatic heterocycles. The number of hydrogen-bond acceptors (Lipinski definition) is 9. The Balaban J connectivity index is 0.000000607. The van der Waals surface area contributed by atoms with Crippen molar-refractivity contribution in [2.24, 2.45) is 35.5 Å². The zero-order chi connectivity index (χ0) is 64.9. The normalized spacial score (nSPS) is 32.8. The molecule has 3 rings (SSSR count). The van der Waals surface area contributed by atoms with E-state index in [4.69, 9.17) is 0 Å². The fourth-order valence-corrected chi connectivity index (χ4v) is 9.88. The van der Waals surface area contributed by atoms with Crippen LogP contribution >= 0.6 is 0 Å². The first-order valence-corrected chi connectivity index (χ1v) is 24.7. The van der Waals surface area contributed by atoms with Gasteiger partial charge < -0.3 is 29.5 Å². The Morgan fingerprint density at radius 1 is 0.469 bits per heavy atom. The molecule has 0 amide bonds. The number of carbonyl (C=O) groups is 3. The van der Waals surface area contributed by atoms with Crippen molar-refractivity contribution >= 4 is 17.9 Å². The first kappa shape index (κ1) is 75.6. The summed E-state index contributed by atoms with van der Waals surface area (Å²) >= 11 is 0. The summed E-state index contributed by atoms with van der Waals surface area (Å²) in [6, 6.07) is 0. The lowest BCUT2D eigenvalue weighted by Crippen LogP contribution is -2.66. The summed E-state index contributed by atoms with van der Waals surface area (Å²) in [5.74, 6) is -45.6. The lowest BCUT2D eigenvalue weighted by Gasteiger charge is -2.48. The second-order valence-electron chi connectivity index (χ2n) is 22.3. The highest BCUT2D eigenvalue weighted by atomic mass is 19.4. The minimum Gasteiger partial charge on any atom is -0.462 e. The summed E-state index contributed by atoms with van der Waals surface area (Å²) in [5, 5.41) is 28.1. The van der Waals surface area contributed by atoms with Crippen LogP contribution in [0.2, 0.25) is 0 Å². The van der Waals surface area contributed by atoms with Crippen molar-refractivity contribution in [2.45, 2.75) is 247 Å². The van der Waals surface area contributed by atoms with Crippen LogP contribution in [0.15, 0.2) is 0 Å².